The van der Waals surface area contributed by atoms with E-state index in [0.29, 0.717) is 27.7 Å². The minimum Gasteiger partial charge on any atom is -0.478 e. The molecule has 0 radical (unpaired) electrons. The zero-order valence-corrected chi connectivity index (χ0v) is 20.6. The standard InChI is InChI=1S/C24H27N5O8.ClH/c25-24(26)29-14-3-4-15(23(36)37)16(7-14)11-1-2-12-5-13(8-27-17(12)6-11)22(35)28-9-18(31)20(33)21(34)19(32)10-30;/h1-8,18-21,30-34H,9-10H2,(H,28,35)(H,36,37)(H4,25,26,29);1H/t18-,19+,20+,21+;/m0./s1. The number of aliphatic imine (C=N–C) groups is 1. The van der Waals surface area contributed by atoms with Crippen LogP contribution in [0, 0.1) is 0 Å². The van der Waals surface area contributed by atoms with Crippen LogP contribution in [-0.4, -0.2) is 91.0 Å². The summed E-state index contributed by atoms with van der Waals surface area (Å²) in [6, 6.07) is 10.9. The largest absolute Gasteiger partial charge is 0.478 e. The highest BCUT2D eigenvalue weighted by atomic mass is 35.5. The number of fused-ring (bicyclic) bond motifs is 1. The highest BCUT2D eigenvalue weighted by molar-refractivity contribution is 6.00. The van der Waals surface area contributed by atoms with Gasteiger partial charge in [-0.2, -0.15) is 0 Å². The van der Waals surface area contributed by atoms with E-state index in [0.717, 1.165) is 0 Å². The molecule has 0 spiro atoms. The van der Waals surface area contributed by atoms with Gasteiger partial charge in [0.15, 0.2) is 5.96 Å². The Bertz CT molecular complexity index is 1330. The van der Waals surface area contributed by atoms with Gasteiger partial charge in [0.25, 0.3) is 5.91 Å². The van der Waals surface area contributed by atoms with Gasteiger partial charge in [-0.25, -0.2) is 9.79 Å². The second kappa shape index (κ2) is 13.1. The van der Waals surface area contributed by atoms with Gasteiger partial charge in [0.2, 0.25) is 0 Å². The Hall–Kier alpha value is -3.85. The summed E-state index contributed by atoms with van der Waals surface area (Å²) in [5.41, 5.74) is 12.7. The van der Waals surface area contributed by atoms with E-state index >= 15 is 0 Å². The Morgan fingerprint density at radius 2 is 1.66 bits per heavy atom. The molecule has 0 aliphatic rings. The van der Waals surface area contributed by atoms with Gasteiger partial charge >= 0.3 is 5.97 Å². The molecule has 0 saturated heterocycles. The van der Waals surface area contributed by atoms with Gasteiger partial charge in [0, 0.05) is 18.1 Å². The van der Waals surface area contributed by atoms with E-state index in [9.17, 15) is 35.1 Å². The van der Waals surface area contributed by atoms with Gasteiger partial charge in [-0.3, -0.25) is 9.78 Å². The van der Waals surface area contributed by atoms with Crippen molar-refractivity contribution in [1.29, 1.82) is 0 Å². The van der Waals surface area contributed by atoms with Crippen LogP contribution in [0.2, 0.25) is 0 Å². The van der Waals surface area contributed by atoms with Crippen LogP contribution in [0.5, 0.6) is 0 Å². The lowest BCUT2D eigenvalue weighted by atomic mass is 9.97. The van der Waals surface area contributed by atoms with Crippen LogP contribution in [0.1, 0.15) is 20.7 Å². The molecule has 2 aromatic carbocycles. The molecule has 14 heteroatoms. The second-order valence-corrected chi connectivity index (χ2v) is 8.21. The third kappa shape index (κ3) is 7.13. The van der Waals surface area contributed by atoms with E-state index in [1.165, 1.54) is 30.5 Å². The molecular weight excluding hydrogens is 522 g/mol. The fraction of sp³-hybridized carbons (Fsp3) is 0.250. The summed E-state index contributed by atoms with van der Waals surface area (Å²) in [5, 5.41) is 60.2. The third-order valence-electron chi connectivity index (χ3n) is 5.55. The summed E-state index contributed by atoms with van der Waals surface area (Å²) in [6.07, 6.45) is -5.61. The molecule has 1 amide bonds. The van der Waals surface area contributed by atoms with E-state index in [4.69, 9.17) is 16.6 Å². The smallest absolute Gasteiger partial charge is 0.336 e. The minimum absolute atomic E-state index is 0. The number of benzene rings is 2. The summed E-state index contributed by atoms with van der Waals surface area (Å²) in [6.45, 7) is -1.27. The zero-order chi connectivity index (χ0) is 27.3. The number of guanidine groups is 1. The summed E-state index contributed by atoms with van der Waals surface area (Å²) >= 11 is 0. The van der Waals surface area contributed by atoms with Crippen LogP contribution in [0.4, 0.5) is 5.69 Å². The lowest BCUT2D eigenvalue weighted by Gasteiger charge is -2.25. The highest BCUT2D eigenvalue weighted by Crippen LogP contribution is 2.30. The van der Waals surface area contributed by atoms with Gasteiger partial charge in [0.1, 0.15) is 18.3 Å². The maximum absolute atomic E-state index is 12.5. The molecule has 4 atom stereocenters. The maximum Gasteiger partial charge on any atom is 0.336 e. The predicted molar refractivity (Wildman–Crippen MR) is 140 cm³/mol. The molecule has 3 aromatic rings. The number of carboxylic acid groups (broad SMARTS) is 1. The first-order valence-corrected chi connectivity index (χ1v) is 11.0. The van der Waals surface area contributed by atoms with Crippen molar-refractivity contribution in [3.63, 3.8) is 0 Å². The Morgan fingerprint density at radius 1 is 0.974 bits per heavy atom. The minimum atomic E-state index is -1.81. The van der Waals surface area contributed by atoms with Crippen molar-refractivity contribution in [1.82, 2.24) is 10.3 Å². The summed E-state index contributed by atoms with van der Waals surface area (Å²) in [7, 11) is 0. The number of aromatic carboxylic acids is 1. The lowest BCUT2D eigenvalue weighted by molar-refractivity contribution is -0.113. The first kappa shape index (κ1) is 30.4. The number of carbonyl (C=O) groups is 2. The number of carbonyl (C=O) groups excluding carboxylic acids is 1. The molecule has 11 N–H and O–H groups in total. The SMILES string of the molecule is Cl.NC(N)=Nc1ccc(C(=O)O)c(-c2ccc3cc(C(=O)NC[C@H](O)[C@@H](O)[C@H](O)[C@H](O)CO)cnc3c2)c1. The monoisotopic (exact) mass is 549 g/mol. The number of aromatic nitrogens is 1. The van der Waals surface area contributed by atoms with Crippen LogP contribution in [-0.2, 0) is 0 Å². The molecule has 38 heavy (non-hydrogen) atoms. The first-order chi connectivity index (χ1) is 17.5. The van der Waals surface area contributed by atoms with E-state index in [-0.39, 0.29) is 29.5 Å². The van der Waals surface area contributed by atoms with E-state index in [2.05, 4.69) is 15.3 Å². The molecule has 0 aliphatic carbocycles. The van der Waals surface area contributed by atoms with E-state index in [1.54, 1.807) is 18.2 Å². The van der Waals surface area contributed by atoms with Crippen LogP contribution >= 0.6 is 12.4 Å². The average Bonchev–Trinajstić information content (AvgIpc) is 2.88. The van der Waals surface area contributed by atoms with E-state index in [1.807, 2.05) is 0 Å². The predicted octanol–water partition coefficient (Wildman–Crippen LogP) is -0.908. The average molecular weight is 550 g/mol. The van der Waals surface area contributed by atoms with Crippen molar-refractivity contribution in [3.05, 3.63) is 59.8 Å². The molecule has 0 bridgehead atoms. The summed E-state index contributed by atoms with van der Waals surface area (Å²) < 4.78 is 0. The molecule has 1 heterocycles. The van der Waals surface area contributed by atoms with Crippen molar-refractivity contribution < 1.29 is 40.2 Å². The Kier molecular flexibility index (Phi) is 10.5. The van der Waals surface area contributed by atoms with Crippen molar-refractivity contribution in [2.75, 3.05) is 13.2 Å². The molecule has 1 aromatic heterocycles. The number of aliphatic hydroxyl groups is 5. The molecule has 13 nitrogen and oxygen atoms in total. The highest BCUT2D eigenvalue weighted by Gasteiger charge is 2.30. The number of pyridine rings is 1. The number of aliphatic hydroxyl groups excluding tert-OH is 5. The topological polar surface area (TPSA) is 245 Å². The normalized spacial score (nSPS) is 14.0. The van der Waals surface area contributed by atoms with Crippen LogP contribution in [0.25, 0.3) is 22.0 Å². The fourth-order valence-electron chi connectivity index (χ4n) is 3.57. The Balaban J connectivity index is 0.00000507. The van der Waals surface area contributed by atoms with Gasteiger partial charge in [-0.15, -0.1) is 12.4 Å². The van der Waals surface area contributed by atoms with Crippen LogP contribution < -0.4 is 16.8 Å². The number of rotatable bonds is 10. The quantitative estimate of drug-likeness (QED) is 0.111. The number of amides is 1. The lowest BCUT2D eigenvalue weighted by Crippen LogP contribution is -2.49. The number of halogens is 1. The molecular formula is C24H28ClN5O8. The molecule has 0 unspecified atom stereocenters. The number of hydrogen-bond donors (Lipinski definition) is 9. The Labute approximate surface area is 222 Å². The molecule has 0 saturated carbocycles. The van der Waals surface area contributed by atoms with Crippen LogP contribution in [0.3, 0.4) is 0 Å². The van der Waals surface area contributed by atoms with Crippen LogP contribution in [0.15, 0.2) is 53.7 Å². The molecule has 204 valence electrons. The molecule has 3 rings (SSSR count). The Morgan fingerprint density at radius 3 is 2.29 bits per heavy atom. The van der Waals surface area contributed by atoms with Crippen molar-refractivity contribution in [3.8, 4) is 11.1 Å². The zero-order valence-electron chi connectivity index (χ0n) is 19.8. The van der Waals surface area contributed by atoms with Gasteiger partial charge in [0.05, 0.1) is 35.0 Å². The number of nitrogens with two attached hydrogens (primary N) is 2. The number of carboxylic acids is 1. The third-order valence-corrected chi connectivity index (χ3v) is 5.55. The summed E-state index contributed by atoms with van der Waals surface area (Å²) in [4.78, 5) is 32.5. The van der Waals surface area contributed by atoms with Gasteiger partial charge in [-0.05, 0) is 41.5 Å². The number of hydrogen-bond acceptors (Lipinski definition) is 9. The van der Waals surface area contributed by atoms with Gasteiger partial charge < -0.3 is 47.4 Å². The first-order valence-electron chi connectivity index (χ1n) is 11.0. The van der Waals surface area contributed by atoms with E-state index < -0.39 is 49.4 Å². The molecule has 0 aliphatic heterocycles. The van der Waals surface area contributed by atoms with Gasteiger partial charge in [-0.1, -0.05) is 12.1 Å². The summed E-state index contributed by atoms with van der Waals surface area (Å²) in [5.74, 6) is -1.95. The maximum atomic E-state index is 12.5. The molecule has 0 fully saturated rings. The fourth-order valence-corrected chi connectivity index (χ4v) is 3.57. The van der Waals surface area contributed by atoms with Crippen molar-refractivity contribution in [2.24, 2.45) is 16.5 Å². The second-order valence-electron chi connectivity index (χ2n) is 8.21. The number of nitrogens with one attached hydrogen (secondary N) is 1. The number of nitrogens with zero attached hydrogens (tertiary/aromatic N) is 2. The van der Waals surface area contributed by atoms with Crippen molar-refractivity contribution in [2.45, 2.75) is 24.4 Å². The van der Waals surface area contributed by atoms with Crippen molar-refractivity contribution >= 4 is 46.8 Å².